The van der Waals surface area contributed by atoms with Gasteiger partial charge < -0.3 is 14.8 Å². The van der Waals surface area contributed by atoms with E-state index in [0.717, 1.165) is 6.42 Å². The zero-order chi connectivity index (χ0) is 17.4. The van der Waals surface area contributed by atoms with Gasteiger partial charge in [0.05, 0.1) is 5.56 Å². The van der Waals surface area contributed by atoms with E-state index in [-0.39, 0.29) is 22.9 Å². The van der Waals surface area contributed by atoms with Crippen molar-refractivity contribution in [1.82, 2.24) is 14.8 Å². The highest BCUT2D eigenvalue weighted by Crippen LogP contribution is 2.25. The fourth-order valence-corrected chi connectivity index (χ4v) is 3.29. The Bertz CT molecular complexity index is 875. The summed E-state index contributed by atoms with van der Waals surface area (Å²) in [5.41, 5.74) is 0.461. The van der Waals surface area contributed by atoms with E-state index < -0.39 is 6.04 Å². The minimum Gasteiger partial charge on any atom is -0.347 e. The van der Waals surface area contributed by atoms with Crippen molar-refractivity contribution >= 4 is 34.3 Å². The van der Waals surface area contributed by atoms with Crippen LogP contribution in [-0.4, -0.2) is 53.3 Å². The van der Waals surface area contributed by atoms with Crippen molar-refractivity contribution in [1.29, 1.82) is 0 Å². The quantitative estimate of drug-likeness (QED) is 0.901. The number of rotatable bonds is 2. The monoisotopic (exact) mass is 347 g/mol. The standard InChI is InChI=1S/C17H18ClN3O3/c1-20(2)17(24)14-4-3-7-21(14)16(23)12-9-15(22)19-13-6-5-10(18)8-11(12)13/h5-6,8-9,14H,3-4,7H2,1-2H3,(H,19,22)/t14-/m1/s1. The first-order valence-electron chi connectivity index (χ1n) is 7.73. The molecule has 2 amide bonds. The summed E-state index contributed by atoms with van der Waals surface area (Å²) >= 11 is 6.04. The number of aromatic amines is 1. The minimum atomic E-state index is -0.485. The first-order valence-corrected chi connectivity index (χ1v) is 8.11. The van der Waals surface area contributed by atoms with Gasteiger partial charge in [0.1, 0.15) is 6.04 Å². The Balaban J connectivity index is 2.07. The molecule has 2 aromatic rings. The summed E-state index contributed by atoms with van der Waals surface area (Å²) in [6.07, 6.45) is 1.39. The van der Waals surface area contributed by atoms with E-state index in [2.05, 4.69) is 4.98 Å². The summed E-state index contributed by atoms with van der Waals surface area (Å²) in [5.74, 6) is -0.418. The van der Waals surface area contributed by atoms with Crippen LogP contribution in [-0.2, 0) is 4.79 Å². The van der Waals surface area contributed by atoms with E-state index in [0.29, 0.717) is 28.9 Å². The van der Waals surface area contributed by atoms with Crippen LogP contribution in [0.2, 0.25) is 5.02 Å². The lowest BCUT2D eigenvalue weighted by Gasteiger charge is -2.26. The molecule has 0 aliphatic carbocycles. The SMILES string of the molecule is CN(C)C(=O)[C@H]1CCCN1C(=O)c1cc(=O)[nH]c2ccc(Cl)cc12. The van der Waals surface area contributed by atoms with Gasteiger partial charge in [0, 0.05) is 42.6 Å². The number of amides is 2. The summed E-state index contributed by atoms with van der Waals surface area (Å²) in [5, 5.41) is 1.06. The first-order chi connectivity index (χ1) is 11.4. The number of likely N-dealkylation sites (N-methyl/N-ethyl adjacent to an activating group) is 1. The third-order valence-electron chi connectivity index (χ3n) is 4.27. The Morgan fingerprint density at radius 3 is 2.75 bits per heavy atom. The van der Waals surface area contributed by atoms with Gasteiger partial charge in [-0.3, -0.25) is 14.4 Å². The van der Waals surface area contributed by atoms with Crippen LogP contribution in [0, 0.1) is 0 Å². The molecule has 1 aliphatic heterocycles. The van der Waals surface area contributed by atoms with E-state index in [1.165, 1.54) is 11.0 Å². The molecule has 1 saturated heterocycles. The molecule has 1 fully saturated rings. The van der Waals surface area contributed by atoms with Crippen LogP contribution in [0.1, 0.15) is 23.2 Å². The van der Waals surface area contributed by atoms with Crippen LogP contribution < -0.4 is 5.56 Å². The molecular weight excluding hydrogens is 330 g/mol. The van der Waals surface area contributed by atoms with Gasteiger partial charge in [-0.05, 0) is 31.0 Å². The van der Waals surface area contributed by atoms with Crippen LogP contribution in [0.25, 0.3) is 10.9 Å². The summed E-state index contributed by atoms with van der Waals surface area (Å²) in [7, 11) is 3.34. The second kappa shape index (κ2) is 6.28. The maximum Gasteiger partial charge on any atom is 0.255 e. The number of carbonyl (C=O) groups is 2. The molecular formula is C17H18ClN3O3. The molecule has 24 heavy (non-hydrogen) atoms. The molecule has 6 nitrogen and oxygen atoms in total. The lowest BCUT2D eigenvalue weighted by atomic mass is 10.1. The van der Waals surface area contributed by atoms with Crippen LogP contribution in [0.4, 0.5) is 0 Å². The zero-order valence-corrected chi connectivity index (χ0v) is 14.3. The van der Waals surface area contributed by atoms with Gasteiger partial charge in [0.2, 0.25) is 11.5 Å². The average molecular weight is 348 g/mol. The Labute approximate surface area is 144 Å². The number of carbonyl (C=O) groups excluding carboxylic acids is 2. The van der Waals surface area contributed by atoms with E-state index >= 15 is 0 Å². The molecule has 3 rings (SSSR count). The lowest BCUT2D eigenvalue weighted by Crippen LogP contribution is -2.45. The summed E-state index contributed by atoms with van der Waals surface area (Å²) in [6.45, 7) is 0.498. The average Bonchev–Trinajstić information content (AvgIpc) is 3.02. The predicted octanol–water partition coefficient (Wildman–Crippen LogP) is 1.87. The van der Waals surface area contributed by atoms with E-state index in [4.69, 9.17) is 11.6 Å². The number of aromatic nitrogens is 1. The van der Waals surface area contributed by atoms with E-state index in [1.54, 1.807) is 37.2 Å². The molecule has 2 heterocycles. The maximum atomic E-state index is 13.0. The Hall–Kier alpha value is -2.34. The van der Waals surface area contributed by atoms with Crippen molar-refractivity contribution in [3.8, 4) is 0 Å². The third kappa shape index (κ3) is 2.89. The number of hydrogen-bond donors (Lipinski definition) is 1. The number of benzene rings is 1. The Morgan fingerprint density at radius 1 is 1.29 bits per heavy atom. The molecule has 1 N–H and O–H groups in total. The number of pyridine rings is 1. The van der Waals surface area contributed by atoms with Gasteiger partial charge >= 0.3 is 0 Å². The van der Waals surface area contributed by atoms with E-state index in [9.17, 15) is 14.4 Å². The topological polar surface area (TPSA) is 73.5 Å². The van der Waals surface area contributed by atoms with Crippen LogP contribution in [0.3, 0.4) is 0 Å². The molecule has 0 bridgehead atoms. The largest absolute Gasteiger partial charge is 0.347 e. The molecule has 1 aromatic carbocycles. The molecule has 7 heteroatoms. The second-order valence-corrected chi connectivity index (χ2v) is 6.56. The van der Waals surface area contributed by atoms with E-state index in [1.807, 2.05) is 0 Å². The molecule has 0 unspecified atom stereocenters. The van der Waals surface area contributed by atoms with Crippen molar-refractivity contribution in [2.45, 2.75) is 18.9 Å². The second-order valence-electron chi connectivity index (χ2n) is 6.13. The molecule has 126 valence electrons. The number of likely N-dealkylation sites (tertiary alicyclic amines) is 1. The van der Waals surface area contributed by atoms with Gasteiger partial charge in [-0.15, -0.1) is 0 Å². The molecule has 1 atom stereocenters. The fourth-order valence-electron chi connectivity index (χ4n) is 3.12. The van der Waals surface area contributed by atoms with Crippen molar-refractivity contribution in [2.24, 2.45) is 0 Å². The molecule has 0 radical (unpaired) electrons. The van der Waals surface area contributed by atoms with Crippen molar-refractivity contribution in [2.75, 3.05) is 20.6 Å². The molecule has 0 spiro atoms. The van der Waals surface area contributed by atoms with Crippen LogP contribution in [0.5, 0.6) is 0 Å². The summed E-state index contributed by atoms with van der Waals surface area (Å²) < 4.78 is 0. The van der Waals surface area contributed by atoms with Crippen molar-refractivity contribution in [3.63, 3.8) is 0 Å². The highest BCUT2D eigenvalue weighted by Gasteiger charge is 2.35. The molecule has 1 aliphatic rings. The van der Waals surface area contributed by atoms with Gasteiger partial charge in [-0.2, -0.15) is 0 Å². The number of hydrogen-bond acceptors (Lipinski definition) is 3. The van der Waals surface area contributed by atoms with Crippen molar-refractivity contribution in [3.05, 3.63) is 45.2 Å². The zero-order valence-electron chi connectivity index (χ0n) is 13.5. The van der Waals surface area contributed by atoms with Crippen molar-refractivity contribution < 1.29 is 9.59 Å². The Morgan fingerprint density at radius 2 is 2.04 bits per heavy atom. The highest BCUT2D eigenvalue weighted by molar-refractivity contribution is 6.31. The van der Waals surface area contributed by atoms with Crippen LogP contribution >= 0.6 is 11.6 Å². The predicted molar refractivity (Wildman–Crippen MR) is 92.3 cm³/mol. The summed E-state index contributed by atoms with van der Waals surface area (Å²) in [4.78, 5) is 43.0. The minimum absolute atomic E-state index is 0.104. The molecule has 0 saturated carbocycles. The first kappa shape index (κ1) is 16.5. The lowest BCUT2D eigenvalue weighted by molar-refractivity contribution is -0.132. The molecule has 1 aromatic heterocycles. The third-order valence-corrected chi connectivity index (χ3v) is 4.51. The Kier molecular flexibility index (Phi) is 4.32. The van der Waals surface area contributed by atoms with Gasteiger partial charge in [0.15, 0.2) is 0 Å². The fraction of sp³-hybridized carbons (Fsp3) is 0.353. The number of nitrogens with zero attached hydrogens (tertiary/aromatic N) is 2. The maximum absolute atomic E-state index is 13.0. The van der Waals surface area contributed by atoms with Gasteiger partial charge in [-0.25, -0.2) is 0 Å². The smallest absolute Gasteiger partial charge is 0.255 e. The normalized spacial score (nSPS) is 17.3. The number of nitrogens with one attached hydrogen (secondary N) is 1. The van der Waals surface area contributed by atoms with Gasteiger partial charge in [0.25, 0.3) is 5.91 Å². The number of halogens is 1. The van der Waals surface area contributed by atoms with Gasteiger partial charge in [-0.1, -0.05) is 11.6 Å². The summed E-state index contributed by atoms with van der Waals surface area (Å²) in [6, 6.07) is 5.76. The number of fused-ring (bicyclic) bond motifs is 1. The number of H-pyrrole nitrogens is 1. The highest BCUT2D eigenvalue weighted by atomic mass is 35.5. The van der Waals surface area contributed by atoms with Crippen LogP contribution in [0.15, 0.2) is 29.1 Å².